The Balaban J connectivity index is 1.17. The number of carbonyl (C=O) groups is 4. The third-order valence-electron chi connectivity index (χ3n) is 10.1. The smallest absolute Gasteiger partial charge is 0.407 e. The van der Waals surface area contributed by atoms with Crippen molar-refractivity contribution in [2.24, 2.45) is 0 Å². The maximum absolute atomic E-state index is 13.3. The van der Waals surface area contributed by atoms with E-state index < -0.39 is 79.3 Å². The molecule has 2 fully saturated rings. The van der Waals surface area contributed by atoms with Gasteiger partial charge in [0.1, 0.15) is 44.7 Å². The molecule has 4 aromatic carbocycles. The summed E-state index contributed by atoms with van der Waals surface area (Å²) in [4.78, 5) is 51.9. The van der Waals surface area contributed by atoms with Crippen LogP contribution in [0.15, 0.2) is 121 Å². The molecule has 17 nitrogen and oxygen atoms in total. The Morgan fingerprint density at radius 1 is 0.508 bits per heavy atom. The topological polar surface area (TPSA) is 232 Å². The molecule has 1 saturated heterocycles. The minimum atomic E-state index is -1.89. The summed E-state index contributed by atoms with van der Waals surface area (Å²) in [5, 5.41) is 45.0. The molecule has 5 unspecified atom stereocenters. The molecule has 6 rings (SSSR count). The second-order valence-corrected chi connectivity index (χ2v) is 14.5. The van der Waals surface area contributed by atoms with Gasteiger partial charge in [0, 0.05) is 6.54 Å². The summed E-state index contributed by atoms with van der Waals surface area (Å²) in [6, 6.07) is 31.6. The summed E-state index contributed by atoms with van der Waals surface area (Å²) >= 11 is 0. The second kappa shape index (κ2) is 22.4. The van der Waals surface area contributed by atoms with Crippen molar-refractivity contribution < 1.29 is 62.9 Å². The number of nitrogens with one attached hydrogen (secondary N) is 4. The minimum absolute atomic E-state index is 0.0357. The van der Waals surface area contributed by atoms with Crippen LogP contribution in [0.4, 0.5) is 19.2 Å². The molecule has 324 valence electrons. The summed E-state index contributed by atoms with van der Waals surface area (Å²) in [5.41, 5.74) is 2.87. The van der Waals surface area contributed by atoms with Crippen molar-refractivity contribution in [1.29, 1.82) is 0 Å². The zero-order chi connectivity index (χ0) is 43.0. The SMILES string of the molecule is O=C(NCC1CCC(NC(=O)OCc2ccccc2)[C@H](OC2C(O)[C@H](O)[C@H](NC(=O)OCc3ccccc3)C(O)[C@@H]2NC(=O)OCc2ccccc2)O1)OCc1ccccc1. The molecule has 1 heterocycles. The fourth-order valence-corrected chi connectivity index (χ4v) is 6.86. The highest BCUT2D eigenvalue weighted by molar-refractivity contribution is 5.69. The van der Waals surface area contributed by atoms with E-state index >= 15 is 0 Å². The van der Waals surface area contributed by atoms with Crippen molar-refractivity contribution >= 4 is 24.4 Å². The van der Waals surface area contributed by atoms with E-state index in [1.807, 2.05) is 36.4 Å². The number of aliphatic hydroxyl groups excluding tert-OH is 3. The maximum Gasteiger partial charge on any atom is 0.407 e. The van der Waals surface area contributed by atoms with Gasteiger partial charge in [0.2, 0.25) is 0 Å². The van der Waals surface area contributed by atoms with Gasteiger partial charge in [-0.25, -0.2) is 19.2 Å². The number of aliphatic hydroxyl groups is 3. The van der Waals surface area contributed by atoms with Crippen LogP contribution in [0, 0.1) is 0 Å². The van der Waals surface area contributed by atoms with Crippen molar-refractivity contribution in [1.82, 2.24) is 21.3 Å². The van der Waals surface area contributed by atoms with Gasteiger partial charge in [0.15, 0.2) is 6.29 Å². The van der Waals surface area contributed by atoms with Gasteiger partial charge in [-0.05, 0) is 35.1 Å². The lowest BCUT2D eigenvalue weighted by atomic mass is 9.81. The summed E-state index contributed by atoms with van der Waals surface area (Å²) in [5.74, 6) is 0. The molecule has 7 N–H and O–H groups in total. The van der Waals surface area contributed by atoms with Crippen molar-refractivity contribution in [3.05, 3.63) is 144 Å². The van der Waals surface area contributed by atoms with E-state index in [1.54, 1.807) is 84.9 Å². The number of carbonyl (C=O) groups excluding carboxylic acids is 4. The Morgan fingerprint density at radius 3 is 1.38 bits per heavy atom. The molecule has 1 saturated carbocycles. The van der Waals surface area contributed by atoms with E-state index in [1.165, 1.54) is 0 Å². The zero-order valence-corrected chi connectivity index (χ0v) is 33.1. The van der Waals surface area contributed by atoms with Crippen LogP contribution in [-0.4, -0.2) is 101 Å². The average Bonchev–Trinajstić information content (AvgIpc) is 3.29. The van der Waals surface area contributed by atoms with Crippen LogP contribution in [0.25, 0.3) is 0 Å². The first-order chi connectivity index (χ1) is 29.6. The average molecular weight is 843 g/mol. The molecular weight excluding hydrogens is 792 g/mol. The largest absolute Gasteiger partial charge is 0.445 e. The van der Waals surface area contributed by atoms with E-state index in [4.69, 9.17) is 28.4 Å². The fourth-order valence-electron chi connectivity index (χ4n) is 6.86. The quantitative estimate of drug-likeness (QED) is 0.0846. The van der Waals surface area contributed by atoms with Crippen LogP contribution in [-0.2, 0) is 54.8 Å². The van der Waals surface area contributed by atoms with E-state index in [0.29, 0.717) is 17.5 Å². The summed E-state index contributed by atoms with van der Waals surface area (Å²) < 4.78 is 34.0. The van der Waals surface area contributed by atoms with Gasteiger partial charge in [-0.2, -0.15) is 0 Å². The first-order valence-corrected chi connectivity index (χ1v) is 19.8. The third-order valence-corrected chi connectivity index (χ3v) is 10.1. The van der Waals surface area contributed by atoms with Crippen LogP contribution in [0.5, 0.6) is 0 Å². The fraction of sp³-hybridized carbons (Fsp3) is 0.364. The number of alkyl carbamates (subject to hydrolysis) is 4. The molecule has 0 radical (unpaired) electrons. The highest BCUT2D eigenvalue weighted by Gasteiger charge is 2.53. The van der Waals surface area contributed by atoms with Gasteiger partial charge in [-0.15, -0.1) is 0 Å². The number of hydrogen-bond donors (Lipinski definition) is 7. The predicted molar refractivity (Wildman–Crippen MR) is 216 cm³/mol. The van der Waals surface area contributed by atoms with Gasteiger partial charge in [0.25, 0.3) is 0 Å². The Labute approximate surface area is 352 Å². The molecule has 0 spiro atoms. The lowest BCUT2D eigenvalue weighted by molar-refractivity contribution is -0.265. The first kappa shape index (κ1) is 44.3. The summed E-state index contributed by atoms with van der Waals surface area (Å²) in [6.45, 7) is -0.321. The lowest BCUT2D eigenvalue weighted by Crippen LogP contribution is -2.73. The van der Waals surface area contributed by atoms with E-state index in [9.17, 15) is 34.5 Å². The minimum Gasteiger partial charge on any atom is -0.445 e. The molecule has 4 aromatic rings. The van der Waals surface area contributed by atoms with Gasteiger partial charge in [-0.1, -0.05) is 121 Å². The van der Waals surface area contributed by atoms with Gasteiger partial charge in [-0.3, -0.25) is 0 Å². The third kappa shape index (κ3) is 13.4. The molecule has 61 heavy (non-hydrogen) atoms. The first-order valence-electron chi connectivity index (χ1n) is 19.8. The van der Waals surface area contributed by atoms with Gasteiger partial charge in [0.05, 0.1) is 30.3 Å². The monoisotopic (exact) mass is 842 g/mol. The van der Waals surface area contributed by atoms with Crippen LogP contribution < -0.4 is 21.3 Å². The van der Waals surface area contributed by atoms with Crippen molar-refractivity contribution in [3.63, 3.8) is 0 Å². The molecular formula is C44H50N4O13. The van der Waals surface area contributed by atoms with E-state index in [0.717, 1.165) is 11.1 Å². The van der Waals surface area contributed by atoms with E-state index in [2.05, 4.69) is 21.3 Å². The van der Waals surface area contributed by atoms with Crippen LogP contribution >= 0.6 is 0 Å². The zero-order valence-electron chi connectivity index (χ0n) is 33.1. The Morgan fingerprint density at radius 2 is 0.918 bits per heavy atom. The molecule has 0 bridgehead atoms. The summed E-state index contributed by atoms with van der Waals surface area (Å²) in [6.07, 6.45) is -12.3. The van der Waals surface area contributed by atoms with Crippen LogP contribution in [0.2, 0.25) is 0 Å². The molecule has 9 atom stereocenters. The maximum atomic E-state index is 13.3. The van der Waals surface area contributed by atoms with Gasteiger partial charge >= 0.3 is 24.4 Å². The number of benzene rings is 4. The van der Waals surface area contributed by atoms with E-state index in [-0.39, 0.29) is 39.4 Å². The van der Waals surface area contributed by atoms with Crippen molar-refractivity contribution in [2.75, 3.05) is 6.54 Å². The molecule has 1 aliphatic carbocycles. The Kier molecular flexibility index (Phi) is 16.3. The second-order valence-electron chi connectivity index (χ2n) is 14.5. The molecule has 0 aromatic heterocycles. The standard InChI is InChI=1S/C44H50N4O13/c49-36-34(47-43(54)58-26-30-17-9-3-10-18-30)37(50)38(51)39(35(36)48-44(55)59-27-31-19-11-4-12-20-31)61-40-33(46-42(53)57-25-29-15-7-2-8-16-29)22-21-32(60-40)23-45-41(52)56-24-28-13-5-1-6-14-28/h1-20,32-40,49-51H,21-27H2,(H,45,52)(H,46,53)(H,47,54)(H,48,55)/t32?,33?,34-,35+,36?,37-,38?,39?,40+/m1/s1. The lowest BCUT2D eigenvalue weighted by Gasteiger charge is -2.48. The predicted octanol–water partition coefficient (Wildman–Crippen LogP) is 3.78. The highest BCUT2D eigenvalue weighted by Crippen LogP contribution is 2.30. The number of ether oxygens (including phenoxy) is 6. The summed E-state index contributed by atoms with van der Waals surface area (Å²) in [7, 11) is 0. The molecule has 4 amide bonds. The van der Waals surface area contributed by atoms with Crippen LogP contribution in [0.3, 0.4) is 0 Å². The Bertz CT molecular complexity index is 1980. The number of amides is 4. The Hall–Kier alpha value is -6.24. The normalized spacial score (nSPS) is 24.6. The van der Waals surface area contributed by atoms with Gasteiger partial charge < -0.3 is 65.0 Å². The molecule has 2 aliphatic rings. The number of hydrogen-bond acceptors (Lipinski definition) is 13. The molecule has 17 heteroatoms. The van der Waals surface area contributed by atoms with Crippen molar-refractivity contribution in [3.8, 4) is 0 Å². The molecule has 1 aliphatic heterocycles. The van der Waals surface area contributed by atoms with Crippen LogP contribution in [0.1, 0.15) is 35.1 Å². The highest BCUT2D eigenvalue weighted by atomic mass is 16.7. The number of rotatable bonds is 15. The van der Waals surface area contributed by atoms with Crippen molar-refractivity contribution in [2.45, 2.75) is 94.2 Å².